The smallest absolute Gasteiger partial charge is 0.118 e. The van der Waals surface area contributed by atoms with Crippen molar-refractivity contribution in [2.75, 3.05) is 14.2 Å². The standard InChI is InChI=1S/C15H16N2O/c1-11(16-2)13-8-9-17-15(10-13)12-4-6-14(18-3)7-5-12/h4-10H,1-3H3. The van der Waals surface area contributed by atoms with Crippen LogP contribution in [0.15, 0.2) is 47.6 Å². The van der Waals surface area contributed by atoms with E-state index in [-0.39, 0.29) is 0 Å². The zero-order valence-corrected chi connectivity index (χ0v) is 10.8. The molecule has 0 aliphatic heterocycles. The molecule has 2 aromatic rings. The summed E-state index contributed by atoms with van der Waals surface area (Å²) in [5.41, 5.74) is 4.12. The van der Waals surface area contributed by atoms with Gasteiger partial charge in [-0.2, -0.15) is 0 Å². The van der Waals surface area contributed by atoms with Gasteiger partial charge < -0.3 is 4.74 Å². The number of methoxy groups -OCH3 is 1. The number of nitrogens with zero attached hydrogens (tertiary/aromatic N) is 2. The zero-order chi connectivity index (χ0) is 13.0. The molecule has 0 amide bonds. The molecule has 1 aromatic carbocycles. The summed E-state index contributed by atoms with van der Waals surface area (Å²) in [5, 5.41) is 0. The monoisotopic (exact) mass is 240 g/mol. The molecule has 3 nitrogen and oxygen atoms in total. The lowest BCUT2D eigenvalue weighted by molar-refractivity contribution is 0.415. The molecule has 0 saturated carbocycles. The number of aliphatic imine (C=N–C) groups is 1. The van der Waals surface area contributed by atoms with E-state index in [1.54, 1.807) is 14.2 Å². The highest BCUT2D eigenvalue weighted by Crippen LogP contribution is 2.21. The molecule has 1 aromatic heterocycles. The fraction of sp³-hybridized carbons (Fsp3) is 0.200. The number of ether oxygens (including phenoxy) is 1. The van der Waals surface area contributed by atoms with Crippen molar-refractivity contribution in [1.29, 1.82) is 0 Å². The molecule has 3 heteroatoms. The van der Waals surface area contributed by atoms with Crippen molar-refractivity contribution in [3.05, 3.63) is 48.2 Å². The van der Waals surface area contributed by atoms with E-state index in [9.17, 15) is 0 Å². The summed E-state index contributed by atoms with van der Waals surface area (Å²) in [6.07, 6.45) is 1.81. The summed E-state index contributed by atoms with van der Waals surface area (Å²) in [4.78, 5) is 8.58. The molecule has 2 rings (SSSR count). The molecule has 1 heterocycles. The van der Waals surface area contributed by atoms with Gasteiger partial charge in [0.1, 0.15) is 5.75 Å². The van der Waals surface area contributed by atoms with Gasteiger partial charge >= 0.3 is 0 Å². The van der Waals surface area contributed by atoms with Crippen LogP contribution in [0.5, 0.6) is 5.75 Å². The quantitative estimate of drug-likeness (QED) is 0.772. The predicted octanol–water partition coefficient (Wildman–Crippen LogP) is 3.20. The van der Waals surface area contributed by atoms with Gasteiger partial charge in [-0.15, -0.1) is 0 Å². The molecule has 0 unspecified atom stereocenters. The van der Waals surface area contributed by atoms with Crippen LogP contribution in [0.25, 0.3) is 11.3 Å². The van der Waals surface area contributed by atoms with Crippen LogP contribution in [-0.4, -0.2) is 24.9 Å². The Balaban J connectivity index is 2.38. The van der Waals surface area contributed by atoms with E-state index in [2.05, 4.69) is 9.98 Å². The molecular weight excluding hydrogens is 224 g/mol. The van der Waals surface area contributed by atoms with Gasteiger partial charge in [-0.25, -0.2) is 0 Å². The molecule has 0 aliphatic carbocycles. The normalized spacial score (nSPS) is 11.4. The van der Waals surface area contributed by atoms with Gasteiger partial charge in [0.25, 0.3) is 0 Å². The van der Waals surface area contributed by atoms with Gasteiger partial charge in [-0.05, 0) is 48.9 Å². The maximum Gasteiger partial charge on any atom is 0.118 e. The lowest BCUT2D eigenvalue weighted by Gasteiger charge is -2.05. The van der Waals surface area contributed by atoms with E-state index in [0.717, 1.165) is 28.3 Å². The fourth-order valence-corrected chi connectivity index (χ4v) is 1.70. The molecule has 0 saturated heterocycles. The molecule has 0 bridgehead atoms. The van der Waals surface area contributed by atoms with Crippen molar-refractivity contribution in [3.8, 4) is 17.0 Å². The predicted molar refractivity (Wildman–Crippen MR) is 74.4 cm³/mol. The lowest BCUT2D eigenvalue weighted by atomic mass is 10.1. The molecule has 0 fully saturated rings. The number of hydrogen-bond donors (Lipinski definition) is 0. The van der Waals surface area contributed by atoms with Crippen molar-refractivity contribution in [2.24, 2.45) is 4.99 Å². The first-order valence-corrected chi connectivity index (χ1v) is 5.79. The number of pyridine rings is 1. The fourth-order valence-electron chi connectivity index (χ4n) is 1.70. The summed E-state index contributed by atoms with van der Waals surface area (Å²) >= 11 is 0. The van der Waals surface area contributed by atoms with Gasteiger partial charge in [0.2, 0.25) is 0 Å². The number of rotatable bonds is 3. The Morgan fingerprint density at radius 3 is 2.50 bits per heavy atom. The Labute approximate surface area is 107 Å². The summed E-state index contributed by atoms with van der Waals surface area (Å²) < 4.78 is 5.14. The van der Waals surface area contributed by atoms with Crippen LogP contribution in [0.1, 0.15) is 12.5 Å². The summed E-state index contributed by atoms with van der Waals surface area (Å²) in [6, 6.07) is 11.9. The van der Waals surface area contributed by atoms with E-state index in [0.29, 0.717) is 0 Å². The van der Waals surface area contributed by atoms with E-state index >= 15 is 0 Å². The maximum absolute atomic E-state index is 5.14. The minimum Gasteiger partial charge on any atom is -0.497 e. The molecule has 0 radical (unpaired) electrons. The first kappa shape index (κ1) is 12.3. The first-order valence-electron chi connectivity index (χ1n) is 5.79. The minimum absolute atomic E-state index is 0.848. The Hall–Kier alpha value is -2.16. The van der Waals surface area contributed by atoms with E-state index in [1.165, 1.54) is 0 Å². The third-order valence-electron chi connectivity index (χ3n) is 2.90. The van der Waals surface area contributed by atoms with Crippen LogP contribution in [0.3, 0.4) is 0 Å². The second kappa shape index (κ2) is 5.45. The van der Waals surface area contributed by atoms with Crippen molar-refractivity contribution in [2.45, 2.75) is 6.92 Å². The topological polar surface area (TPSA) is 34.5 Å². The average molecular weight is 240 g/mol. The molecule has 0 N–H and O–H groups in total. The highest BCUT2D eigenvalue weighted by atomic mass is 16.5. The minimum atomic E-state index is 0.848. The molecule has 92 valence electrons. The van der Waals surface area contributed by atoms with Crippen LogP contribution in [0.4, 0.5) is 0 Å². The average Bonchev–Trinajstić information content (AvgIpc) is 2.46. The van der Waals surface area contributed by atoms with Crippen molar-refractivity contribution in [1.82, 2.24) is 4.98 Å². The van der Waals surface area contributed by atoms with Crippen LogP contribution in [-0.2, 0) is 0 Å². The second-order valence-electron chi connectivity index (χ2n) is 3.97. The SMILES string of the molecule is CN=C(C)c1ccnc(-c2ccc(OC)cc2)c1. The lowest BCUT2D eigenvalue weighted by Crippen LogP contribution is -1.95. The Morgan fingerprint density at radius 2 is 1.89 bits per heavy atom. The Kier molecular flexibility index (Phi) is 3.72. The largest absolute Gasteiger partial charge is 0.497 e. The highest BCUT2D eigenvalue weighted by molar-refractivity contribution is 5.99. The molecule has 0 aliphatic rings. The van der Waals surface area contributed by atoms with Crippen LogP contribution in [0, 0.1) is 0 Å². The number of benzene rings is 1. The summed E-state index contributed by atoms with van der Waals surface area (Å²) in [5.74, 6) is 0.848. The molecule has 0 spiro atoms. The third-order valence-corrected chi connectivity index (χ3v) is 2.90. The number of hydrogen-bond acceptors (Lipinski definition) is 3. The first-order chi connectivity index (χ1) is 8.74. The van der Waals surface area contributed by atoms with E-state index in [1.807, 2.05) is 49.5 Å². The van der Waals surface area contributed by atoms with Crippen molar-refractivity contribution in [3.63, 3.8) is 0 Å². The van der Waals surface area contributed by atoms with Gasteiger partial charge in [-0.1, -0.05) is 0 Å². The van der Waals surface area contributed by atoms with Gasteiger partial charge in [0, 0.05) is 24.5 Å². The van der Waals surface area contributed by atoms with Gasteiger partial charge in [0.15, 0.2) is 0 Å². The molecular formula is C15H16N2O. The Morgan fingerprint density at radius 1 is 1.17 bits per heavy atom. The van der Waals surface area contributed by atoms with Crippen molar-refractivity contribution >= 4 is 5.71 Å². The Bertz CT molecular complexity index is 559. The van der Waals surface area contributed by atoms with Crippen LogP contribution in [0.2, 0.25) is 0 Å². The summed E-state index contributed by atoms with van der Waals surface area (Å²) in [6.45, 7) is 1.99. The van der Waals surface area contributed by atoms with Crippen LogP contribution < -0.4 is 4.74 Å². The highest BCUT2D eigenvalue weighted by Gasteiger charge is 2.03. The summed E-state index contributed by atoms with van der Waals surface area (Å²) in [7, 11) is 3.46. The zero-order valence-electron chi connectivity index (χ0n) is 10.8. The third kappa shape index (κ3) is 2.56. The number of aromatic nitrogens is 1. The molecule has 18 heavy (non-hydrogen) atoms. The van der Waals surface area contributed by atoms with Crippen molar-refractivity contribution < 1.29 is 4.74 Å². The van der Waals surface area contributed by atoms with E-state index in [4.69, 9.17) is 4.74 Å². The van der Waals surface area contributed by atoms with Crippen LogP contribution >= 0.6 is 0 Å². The van der Waals surface area contributed by atoms with E-state index < -0.39 is 0 Å². The van der Waals surface area contributed by atoms with Gasteiger partial charge in [-0.3, -0.25) is 9.98 Å². The van der Waals surface area contributed by atoms with Gasteiger partial charge in [0.05, 0.1) is 12.8 Å². The maximum atomic E-state index is 5.14. The second-order valence-corrected chi connectivity index (χ2v) is 3.97. The molecule has 0 atom stereocenters.